The molecule has 1 aromatic heterocycles. The Balaban J connectivity index is 2.33. The molecule has 96 valence electrons. The van der Waals surface area contributed by atoms with E-state index in [-0.39, 0.29) is 5.75 Å². The van der Waals surface area contributed by atoms with Crippen LogP contribution in [0.1, 0.15) is 26.2 Å². The molecule has 0 saturated carbocycles. The summed E-state index contributed by atoms with van der Waals surface area (Å²) in [4.78, 5) is 4.34. The van der Waals surface area contributed by atoms with Gasteiger partial charge in [-0.25, -0.2) is 0 Å². The highest BCUT2D eigenvalue weighted by atomic mass is 16.5. The molecule has 2 aromatic rings. The molecule has 1 atom stereocenters. The number of ether oxygens (including phenoxy) is 1. The predicted octanol–water partition coefficient (Wildman–Crippen LogP) is 2.71. The van der Waals surface area contributed by atoms with E-state index in [2.05, 4.69) is 10.1 Å². The fraction of sp³-hybridized carbons (Fsp3) is 0.385. The monoisotopic (exact) mass is 248 g/mol. The molecule has 0 saturated heterocycles. The van der Waals surface area contributed by atoms with Gasteiger partial charge in [-0.2, -0.15) is 4.98 Å². The Labute approximate surface area is 105 Å². The Morgan fingerprint density at radius 3 is 2.56 bits per heavy atom. The van der Waals surface area contributed by atoms with Gasteiger partial charge < -0.3 is 14.4 Å². The molecular weight excluding hydrogens is 232 g/mol. The minimum Gasteiger partial charge on any atom is -0.508 e. The molecule has 0 amide bonds. The zero-order valence-corrected chi connectivity index (χ0v) is 10.7. The smallest absolute Gasteiger partial charge is 0.258 e. The number of phenols is 1. The van der Waals surface area contributed by atoms with Gasteiger partial charge in [-0.3, -0.25) is 0 Å². The Hall–Kier alpha value is -1.88. The summed E-state index contributed by atoms with van der Waals surface area (Å²) in [6.07, 6.45) is 0.737. The fourth-order valence-electron chi connectivity index (χ4n) is 1.55. The molecule has 0 aliphatic rings. The zero-order chi connectivity index (χ0) is 13.2. The third-order valence-corrected chi connectivity index (χ3v) is 3.13. The molecular formula is C13H16N2O3. The van der Waals surface area contributed by atoms with Crippen molar-refractivity contribution in [1.82, 2.24) is 10.1 Å². The van der Waals surface area contributed by atoms with Crippen molar-refractivity contribution in [1.29, 1.82) is 0 Å². The molecule has 2 rings (SSSR count). The first-order chi connectivity index (χ1) is 8.59. The maximum atomic E-state index is 9.23. The molecule has 5 nitrogen and oxygen atoms in total. The van der Waals surface area contributed by atoms with Crippen molar-refractivity contribution in [3.63, 3.8) is 0 Å². The van der Waals surface area contributed by atoms with Crippen LogP contribution in [-0.4, -0.2) is 22.4 Å². The van der Waals surface area contributed by atoms with Crippen molar-refractivity contribution < 1.29 is 14.4 Å². The minimum absolute atomic E-state index is 0.206. The minimum atomic E-state index is -0.567. The number of hydrogen-bond acceptors (Lipinski definition) is 5. The molecule has 0 aliphatic carbocycles. The zero-order valence-electron chi connectivity index (χ0n) is 10.7. The second kappa shape index (κ2) is 4.78. The number of methoxy groups -OCH3 is 1. The summed E-state index contributed by atoms with van der Waals surface area (Å²) in [6.45, 7) is 3.90. The van der Waals surface area contributed by atoms with Gasteiger partial charge in [-0.1, -0.05) is 12.1 Å². The summed E-state index contributed by atoms with van der Waals surface area (Å²) in [6, 6.07) is 6.64. The lowest BCUT2D eigenvalue weighted by atomic mass is 10.0. The number of benzene rings is 1. The van der Waals surface area contributed by atoms with E-state index < -0.39 is 5.60 Å². The van der Waals surface area contributed by atoms with Gasteiger partial charge in [0, 0.05) is 12.7 Å². The molecule has 18 heavy (non-hydrogen) atoms. The topological polar surface area (TPSA) is 68.4 Å². The summed E-state index contributed by atoms with van der Waals surface area (Å²) < 4.78 is 10.7. The Bertz CT molecular complexity index is 515. The van der Waals surface area contributed by atoms with Crippen LogP contribution >= 0.6 is 0 Å². The molecule has 5 heteroatoms. The van der Waals surface area contributed by atoms with Crippen LogP contribution in [0.25, 0.3) is 11.4 Å². The number of rotatable bonds is 4. The third-order valence-electron chi connectivity index (χ3n) is 3.13. The van der Waals surface area contributed by atoms with Gasteiger partial charge in [-0.15, -0.1) is 0 Å². The van der Waals surface area contributed by atoms with E-state index in [1.807, 2.05) is 13.8 Å². The standard InChI is InChI=1S/C13H16N2O3/c1-4-13(2,17-3)12-14-11(15-18-12)9-5-7-10(16)8-6-9/h5-8,16H,4H2,1-3H3. The Morgan fingerprint density at radius 1 is 1.33 bits per heavy atom. The van der Waals surface area contributed by atoms with Crippen LogP contribution in [0.15, 0.2) is 28.8 Å². The average molecular weight is 248 g/mol. The van der Waals surface area contributed by atoms with Gasteiger partial charge in [0.05, 0.1) is 0 Å². The lowest BCUT2D eigenvalue weighted by molar-refractivity contribution is -0.0272. The highest BCUT2D eigenvalue weighted by Gasteiger charge is 2.31. The maximum Gasteiger partial charge on any atom is 0.258 e. The second-order valence-corrected chi connectivity index (χ2v) is 4.26. The van der Waals surface area contributed by atoms with Gasteiger partial charge in [0.1, 0.15) is 11.4 Å². The molecule has 0 aliphatic heterocycles. The van der Waals surface area contributed by atoms with Crippen LogP contribution < -0.4 is 0 Å². The first-order valence-electron chi connectivity index (χ1n) is 5.78. The van der Waals surface area contributed by atoms with Crippen molar-refractivity contribution in [3.8, 4) is 17.1 Å². The van der Waals surface area contributed by atoms with E-state index in [1.165, 1.54) is 0 Å². The van der Waals surface area contributed by atoms with E-state index in [4.69, 9.17) is 9.26 Å². The van der Waals surface area contributed by atoms with Crippen molar-refractivity contribution in [2.24, 2.45) is 0 Å². The van der Waals surface area contributed by atoms with Crippen LogP contribution in [0.5, 0.6) is 5.75 Å². The molecule has 1 heterocycles. The van der Waals surface area contributed by atoms with Crippen molar-refractivity contribution in [2.45, 2.75) is 25.9 Å². The second-order valence-electron chi connectivity index (χ2n) is 4.26. The molecule has 0 fully saturated rings. The number of aromatic hydroxyl groups is 1. The Morgan fingerprint density at radius 2 is 2.00 bits per heavy atom. The van der Waals surface area contributed by atoms with Crippen molar-refractivity contribution in [2.75, 3.05) is 7.11 Å². The summed E-state index contributed by atoms with van der Waals surface area (Å²) in [5.41, 5.74) is 0.222. The van der Waals surface area contributed by atoms with E-state index in [0.29, 0.717) is 11.7 Å². The van der Waals surface area contributed by atoms with E-state index >= 15 is 0 Å². The molecule has 1 aromatic carbocycles. The normalized spacial score (nSPS) is 14.4. The summed E-state index contributed by atoms with van der Waals surface area (Å²) in [5, 5.41) is 13.2. The Kier molecular flexibility index (Phi) is 3.34. The number of nitrogens with zero attached hydrogens (tertiary/aromatic N) is 2. The van der Waals surface area contributed by atoms with Crippen LogP contribution in [0.4, 0.5) is 0 Å². The van der Waals surface area contributed by atoms with Crippen LogP contribution in [-0.2, 0) is 10.3 Å². The number of aromatic nitrogens is 2. The van der Waals surface area contributed by atoms with Crippen molar-refractivity contribution >= 4 is 0 Å². The SMILES string of the molecule is CCC(C)(OC)c1nc(-c2ccc(O)cc2)no1. The van der Waals surface area contributed by atoms with Crippen LogP contribution in [0, 0.1) is 0 Å². The largest absolute Gasteiger partial charge is 0.508 e. The van der Waals surface area contributed by atoms with Crippen LogP contribution in [0.2, 0.25) is 0 Å². The molecule has 0 radical (unpaired) electrons. The highest BCUT2D eigenvalue weighted by Crippen LogP contribution is 2.28. The van der Waals surface area contributed by atoms with E-state index in [9.17, 15) is 5.11 Å². The number of phenolic OH excluding ortho intramolecular Hbond substituents is 1. The summed E-state index contributed by atoms with van der Waals surface area (Å²) in [5.74, 6) is 1.15. The molecule has 0 bridgehead atoms. The number of hydrogen-bond donors (Lipinski definition) is 1. The molecule has 1 unspecified atom stereocenters. The summed E-state index contributed by atoms with van der Waals surface area (Å²) in [7, 11) is 1.62. The molecule has 0 spiro atoms. The molecule has 1 N–H and O–H groups in total. The first kappa shape index (κ1) is 12.6. The highest BCUT2D eigenvalue weighted by molar-refractivity contribution is 5.55. The predicted molar refractivity (Wildman–Crippen MR) is 66.1 cm³/mol. The van der Waals surface area contributed by atoms with Crippen LogP contribution in [0.3, 0.4) is 0 Å². The first-order valence-corrected chi connectivity index (χ1v) is 5.78. The maximum absolute atomic E-state index is 9.23. The third kappa shape index (κ3) is 2.22. The average Bonchev–Trinajstić information content (AvgIpc) is 2.89. The van der Waals surface area contributed by atoms with E-state index in [1.54, 1.807) is 31.4 Å². The lowest BCUT2D eigenvalue weighted by Crippen LogP contribution is -2.23. The van der Waals surface area contributed by atoms with E-state index in [0.717, 1.165) is 12.0 Å². The van der Waals surface area contributed by atoms with Gasteiger partial charge >= 0.3 is 0 Å². The quantitative estimate of drug-likeness (QED) is 0.900. The fourth-order valence-corrected chi connectivity index (χ4v) is 1.55. The van der Waals surface area contributed by atoms with Crippen molar-refractivity contribution in [3.05, 3.63) is 30.2 Å². The van der Waals surface area contributed by atoms with Gasteiger partial charge in [-0.05, 0) is 37.6 Å². The lowest BCUT2D eigenvalue weighted by Gasteiger charge is -2.21. The summed E-state index contributed by atoms with van der Waals surface area (Å²) >= 11 is 0. The van der Waals surface area contributed by atoms with Gasteiger partial charge in [0.2, 0.25) is 5.82 Å². The van der Waals surface area contributed by atoms with Gasteiger partial charge in [0.15, 0.2) is 0 Å². The van der Waals surface area contributed by atoms with Gasteiger partial charge in [0.25, 0.3) is 5.89 Å².